The molecule has 8 heteroatoms. The third kappa shape index (κ3) is 6.98. The van der Waals surface area contributed by atoms with Crippen LogP contribution in [0, 0.1) is 13.8 Å². The van der Waals surface area contributed by atoms with Crippen LogP contribution in [0.15, 0.2) is 40.9 Å². The average Bonchev–Trinajstić information content (AvgIpc) is 2.64. The van der Waals surface area contributed by atoms with Crippen molar-refractivity contribution in [3.05, 3.63) is 57.0 Å². The highest BCUT2D eigenvalue weighted by atomic mass is 79.9. The summed E-state index contributed by atoms with van der Waals surface area (Å²) in [6.45, 7) is 3.32. The molecule has 0 saturated heterocycles. The number of rotatable bonds is 7. The molecule has 0 unspecified atom stereocenters. The summed E-state index contributed by atoms with van der Waals surface area (Å²) in [6.07, 6.45) is -0.149. The van der Waals surface area contributed by atoms with E-state index in [-0.39, 0.29) is 18.7 Å². The number of anilines is 2. The predicted molar refractivity (Wildman–Crippen MR) is 113 cm³/mol. The van der Waals surface area contributed by atoms with E-state index < -0.39 is 18.5 Å². The fourth-order valence-electron chi connectivity index (χ4n) is 2.26. The third-order valence-corrected chi connectivity index (χ3v) is 4.99. The fraction of sp³-hybridized carbons (Fsp3) is 0.250. The van der Waals surface area contributed by atoms with Gasteiger partial charge in [-0.3, -0.25) is 14.4 Å². The molecule has 2 amide bonds. The van der Waals surface area contributed by atoms with Gasteiger partial charge in [0, 0.05) is 22.3 Å². The average molecular weight is 468 g/mol. The molecule has 0 saturated carbocycles. The molecule has 0 radical (unpaired) electrons. The van der Waals surface area contributed by atoms with Gasteiger partial charge in [0.2, 0.25) is 5.91 Å². The van der Waals surface area contributed by atoms with E-state index >= 15 is 0 Å². The Bertz CT molecular complexity index is 885. The highest BCUT2D eigenvalue weighted by Crippen LogP contribution is 2.28. The maximum Gasteiger partial charge on any atom is 0.306 e. The second-order valence-corrected chi connectivity index (χ2v) is 7.47. The Morgan fingerprint density at radius 3 is 2.36 bits per heavy atom. The van der Waals surface area contributed by atoms with Gasteiger partial charge < -0.3 is 15.4 Å². The van der Waals surface area contributed by atoms with Gasteiger partial charge in [-0.15, -0.1) is 0 Å². The van der Waals surface area contributed by atoms with Gasteiger partial charge in [0.05, 0.1) is 11.4 Å². The molecule has 0 spiro atoms. The van der Waals surface area contributed by atoms with Crippen molar-refractivity contribution in [1.82, 2.24) is 0 Å². The van der Waals surface area contributed by atoms with E-state index in [9.17, 15) is 14.4 Å². The molecule has 0 aliphatic heterocycles. The molecule has 0 aromatic heterocycles. The second kappa shape index (κ2) is 10.2. The largest absolute Gasteiger partial charge is 0.456 e. The van der Waals surface area contributed by atoms with Crippen LogP contribution in [0.2, 0.25) is 5.02 Å². The van der Waals surface area contributed by atoms with Gasteiger partial charge in [-0.1, -0.05) is 29.3 Å². The zero-order valence-corrected chi connectivity index (χ0v) is 17.8. The van der Waals surface area contributed by atoms with E-state index in [1.807, 2.05) is 26.0 Å². The number of hydrogen-bond acceptors (Lipinski definition) is 4. The van der Waals surface area contributed by atoms with Crippen LogP contribution in [-0.4, -0.2) is 24.4 Å². The molecule has 6 nitrogen and oxygen atoms in total. The van der Waals surface area contributed by atoms with E-state index in [4.69, 9.17) is 16.3 Å². The maximum absolute atomic E-state index is 11.9. The molecular formula is C20H20BrClN2O4. The van der Waals surface area contributed by atoms with E-state index in [0.717, 1.165) is 15.6 Å². The molecule has 2 rings (SSSR count). The molecule has 148 valence electrons. The van der Waals surface area contributed by atoms with Crippen molar-refractivity contribution in [1.29, 1.82) is 0 Å². The van der Waals surface area contributed by atoms with Gasteiger partial charge in [-0.25, -0.2) is 0 Å². The summed E-state index contributed by atoms with van der Waals surface area (Å²) in [6, 6.07) is 10.7. The second-order valence-electron chi connectivity index (χ2n) is 6.20. The normalized spacial score (nSPS) is 10.3. The smallest absolute Gasteiger partial charge is 0.306 e. The van der Waals surface area contributed by atoms with Crippen molar-refractivity contribution in [3.8, 4) is 0 Å². The van der Waals surface area contributed by atoms with E-state index in [2.05, 4.69) is 26.6 Å². The van der Waals surface area contributed by atoms with Crippen molar-refractivity contribution in [3.63, 3.8) is 0 Å². The molecule has 2 N–H and O–H groups in total. The Balaban J connectivity index is 1.73. The molecule has 28 heavy (non-hydrogen) atoms. The fourth-order valence-corrected chi connectivity index (χ4v) is 2.88. The summed E-state index contributed by atoms with van der Waals surface area (Å²) < 4.78 is 5.64. The number of nitrogens with one attached hydrogen (secondary N) is 2. The number of esters is 1. The first-order valence-corrected chi connectivity index (χ1v) is 9.69. The van der Waals surface area contributed by atoms with Crippen molar-refractivity contribution < 1.29 is 19.1 Å². The first-order valence-electron chi connectivity index (χ1n) is 8.52. The monoisotopic (exact) mass is 466 g/mol. The van der Waals surface area contributed by atoms with Crippen LogP contribution in [0.25, 0.3) is 0 Å². The standard InChI is InChI=1S/C20H20BrClN2O4/c1-12-3-5-14(6-4-12)23-18(25)7-8-20(27)28-11-19(26)24-17-10-16(22)15(21)9-13(17)2/h3-6,9-10H,7-8,11H2,1-2H3,(H,23,25)(H,24,26). The summed E-state index contributed by atoms with van der Waals surface area (Å²) >= 11 is 9.31. The summed E-state index contributed by atoms with van der Waals surface area (Å²) in [5.41, 5.74) is 3.09. The van der Waals surface area contributed by atoms with Crippen LogP contribution in [0.4, 0.5) is 11.4 Å². The number of hydrogen-bond donors (Lipinski definition) is 2. The molecule has 0 atom stereocenters. The maximum atomic E-state index is 11.9. The van der Waals surface area contributed by atoms with Gasteiger partial charge >= 0.3 is 5.97 Å². The quantitative estimate of drug-likeness (QED) is 0.582. The lowest BCUT2D eigenvalue weighted by Crippen LogP contribution is -2.22. The lowest BCUT2D eigenvalue weighted by Gasteiger charge is -2.10. The highest BCUT2D eigenvalue weighted by Gasteiger charge is 2.12. The SMILES string of the molecule is Cc1ccc(NC(=O)CCC(=O)OCC(=O)Nc2cc(Cl)c(Br)cc2C)cc1. The van der Waals surface area contributed by atoms with E-state index in [1.165, 1.54) is 0 Å². The molecule has 0 fully saturated rings. The Labute approximate surface area is 176 Å². The molecule has 2 aromatic rings. The van der Waals surface area contributed by atoms with Crippen LogP contribution in [0.3, 0.4) is 0 Å². The molecule has 0 aliphatic carbocycles. The number of halogens is 2. The number of aryl methyl sites for hydroxylation is 2. The summed E-state index contributed by atoms with van der Waals surface area (Å²) in [5, 5.41) is 5.79. The van der Waals surface area contributed by atoms with Crippen molar-refractivity contribution in [2.24, 2.45) is 0 Å². The minimum atomic E-state index is -0.625. The Morgan fingerprint density at radius 1 is 1.00 bits per heavy atom. The number of ether oxygens (including phenoxy) is 1. The highest BCUT2D eigenvalue weighted by molar-refractivity contribution is 9.10. The molecule has 2 aromatic carbocycles. The van der Waals surface area contributed by atoms with Gasteiger partial charge in [0.15, 0.2) is 6.61 Å². The molecular weight excluding hydrogens is 448 g/mol. The van der Waals surface area contributed by atoms with E-state index in [0.29, 0.717) is 16.4 Å². The number of benzene rings is 2. The number of carbonyl (C=O) groups excluding carboxylic acids is 3. The summed E-state index contributed by atoms with van der Waals surface area (Å²) in [4.78, 5) is 35.6. The van der Waals surface area contributed by atoms with Crippen LogP contribution < -0.4 is 10.6 Å². The number of carbonyl (C=O) groups is 3. The van der Waals surface area contributed by atoms with Crippen LogP contribution >= 0.6 is 27.5 Å². The minimum absolute atomic E-state index is 0.0320. The van der Waals surface area contributed by atoms with Gasteiger partial charge in [-0.2, -0.15) is 0 Å². The van der Waals surface area contributed by atoms with Crippen molar-refractivity contribution in [2.75, 3.05) is 17.2 Å². The van der Waals surface area contributed by atoms with Crippen LogP contribution in [0.1, 0.15) is 24.0 Å². The third-order valence-electron chi connectivity index (χ3n) is 3.80. The molecule has 0 aliphatic rings. The molecule has 0 heterocycles. The predicted octanol–water partition coefficient (Wildman–Crippen LogP) is 4.62. The Morgan fingerprint density at radius 2 is 1.68 bits per heavy atom. The van der Waals surface area contributed by atoms with Gasteiger partial charge in [0.1, 0.15) is 0 Å². The lowest BCUT2D eigenvalue weighted by molar-refractivity contribution is -0.147. The lowest BCUT2D eigenvalue weighted by atomic mass is 10.2. The van der Waals surface area contributed by atoms with Gasteiger partial charge in [-0.05, 0) is 59.6 Å². The minimum Gasteiger partial charge on any atom is -0.456 e. The van der Waals surface area contributed by atoms with Crippen molar-refractivity contribution in [2.45, 2.75) is 26.7 Å². The first kappa shape index (κ1) is 21.9. The number of amides is 2. The van der Waals surface area contributed by atoms with Crippen LogP contribution in [0.5, 0.6) is 0 Å². The topological polar surface area (TPSA) is 84.5 Å². The Kier molecular flexibility index (Phi) is 8.02. The van der Waals surface area contributed by atoms with E-state index in [1.54, 1.807) is 24.3 Å². The first-order chi connectivity index (χ1) is 13.2. The zero-order valence-electron chi connectivity index (χ0n) is 15.5. The zero-order chi connectivity index (χ0) is 20.7. The summed E-state index contributed by atoms with van der Waals surface area (Å²) in [5.74, 6) is -1.41. The summed E-state index contributed by atoms with van der Waals surface area (Å²) in [7, 11) is 0. The van der Waals surface area contributed by atoms with Crippen LogP contribution in [-0.2, 0) is 19.1 Å². The van der Waals surface area contributed by atoms with Crippen molar-refractivity contribution >= 4 is 56.7 Å². The van der Waals surface area contributed by atoms with Gasteiger partial charge in [0.25, 0.3) is 5.91 Å². The Hall–Kier alpha value is -2.38. The molecule has 0 bridgehead atoms.